The van der Waals surface area contributed by atoms with Crippen molar-refractivity contribution >= 4 is 11.9 Å². The fraction of sp³-hybridized carbons (Fsp3) is 0.462. The number of hydrogen-bond donors (Lipinski definition) is 2. The molecule has 23 heavy (non-hydrogen) atoms. The van der Waals surface area contributed by atoms with Crippen molar-refractivity contribution < 1.29 is 37.3 Å². The van der Waals surface area contributed by atoms with E-state index in [4.69, 9.17) is 9.84 Å². The number of hydrogen-bond acceptors (Lipinski definition) is 5. The lowest BCUT2D eigenvalue weighted by Gasteiger charge is -2.25. The van der Waals surface area contributed by atoms with Gasteiger partial charge in [0.15, 0.2) is 12.1 Å². The van der Waals surface area contributed by atoms with Crippen molar-refractivity contribution in [2.75, 3.05) is 20.3 Å². The Morgan fingerprint density at radius 1 is 1.30 bits per heavy atom. The Balaban J connectivity index is 2.75. The van der Waals surface area contributed by atoms with Crippen LogP contribution in [-0.2, 0) is 9.53 Å². The number of ether oxygens (including phenoxy) is 2. The van der Waals surface area contributed by atoms with E-state index in [2.05, 4.69) is 15.0 Å². The second kappa shape index (κ2) is 7.27. The van der Waals surface area contributed by atoms with E-state index < -0.39 is 30.2 Å². The molecule has 1 unspecified atom stereocenters. The van der Waals surface area contributed by atoms with Gasteiger partial charge >= 0.3 is 12.1 Å². The van der Waals surface area contributed by atoms with E-state index in [0.717, 1.165) is 12.3 Å². The van der Waals surface area contributed by atoms with Crippen LogP contribution >= 0.6 is 0 Å². The van der Waals surface area contributed by atoms with Crippen molar-refractivity contribution in [1.82, 2.24) is 10.3 Å². The maximum atomic E-state index is 12.0. The molecule has 0 aliphatic carbocycles. The highest BCUT2D eigenvalue weighted by molar-refractivity contribution is 5.97. The highest BCUT2D eigenvalue weighted by atomic mass is 19.4. The van der Waals surface area contributed by atoms with E-state index in [1.165, 1.54) is 20.1 Å². The van der Waals surface area contributed by atoms with Gasteiger partial charge in [0.05, 0.1) is 12.2 Å². The molecule has 1 atom stereocenters. The van der Waals surface area contributed by atoms with Crippen LogP contribution in [0, 0.1) is 0 Å². The number of methoxy groups -OCH3 is 1. The third-order valence-electron chi connectivity index (χ3n) is 2.68. The molecule has 1 amide bonds. The monoisotopic (exact) mass is 336 g/mol. The average Bonchev–Trinajstić information content (AvgIpc) is 2.45. The van der Waals surface area contributed by atoms with Crippen molar-refractivity contribution in [2.24, 2.45) is 0 Å². The normalized spacial score (nSPS) is 14.0. The number of aromatic nitrogens is 1. The SMILES string of the molecule is COCC(C)(NC(=O)c1ccc(OCC(F)(F)F)nc1)C(=O)O. The van der Waals surface area contributed by atoms with Crippen LogP contribution in [0.5, 0.6) is 5.88 Å². The Hall–Kier alpha value is -2.36. The highest BCUT2D eigenvalue weighted by Crippen LogP contribution is 2.17. The fourth-order valence-electron chi connectivity index (χ4n) is 1.52. The van der Waals surface area contributed by atoms with Gasteiger partial charge in [-0.05, 0) is 13.0 Å². The summed E-state index contributed by atoms with van der Waals surface area (Å²) in [5, 5.41) is 11.4. The molecule has 1 heterocycles. The minimum absolute atomic E-state index is 0.0343. The number of carboxylic acids is 1. The van der Waals surface area contributed by atoms with Crippen LogP contribution in [0.1, 0.15) is 17.3 Å². The van der Waals surface area contributed by atoms with E-state index in [0.29, 0.717) is 0 Å². The standard InChI is InChI=1S/C13H15F3N2O5/c1-12(6-22-2,11(20)21)18-10(19)8-3-4-9(17-5-8)23-7-13(14,15)16/h3-5H,6-7H2,1-2H3,(H,18,19)(H,20,21). The lowest BCUT2D eigenvalue weighted by Crippen LogP contribution is -2.55. The lowest BCUT2D eigenvalue weighted by atomic mass is 10.0. The summed E-state index contributed by atoms with van der Waals surface area (Å²) in [5.74, 6) is -2.37. The molecular formula is C13H15F3N2O5. The van der Waals surface area contributed by atoms with Gasteiger partial charge in [0.25, 0.3) is 5.91 Å². The summed E-state index contributed by atoms with van der Waals surface area (Å²) < 4.78 is 45.1. The molecule has 2 N–H and O–H groups in total. The molecule has 0 bridgehead atoms. The summed E-state index contributed by atoms with van der Waals surface area (Å²) >= 11 is 0. The molecule has 10 heteroatoms. The van der Waals surface area contributed by atoms with Gasteiger partial charge in [0, 0.05) is 19.4 Å². The Kier molecular flexibility index (Phi) is 5.91. The summed E-state index contributed by atoms with van der Waals surface area (Å²) in [5.41, 5.74) is -1.69. The quantitative estimate of drug-likeness (QED) is 0.777. The Labute approximate surface area is 129 Å². The van der Waals surface area contributed by atoms with E-state index in [1.807, 2.05) is 0 Å². The lowest BCUT2D eigenvalue weighted by molar-refractivity contribution is -0.154. The van der Waals surface area contributed by atoms with Crippen LogP contribution in [0.2, 0.25) is 0 Å². The molecule has 0 fully saturated rings. The third-order valence-corrected chi connectivity index (χ3v) is 2.68. The zero-order valence-corrected chi connectivity index (χ0v) is 12.3. The van der Waals surface area contributed by atoms with Gasteiger partial charge in [0.2, 0.25) is 5.88 Å². The molecule has 0 aromatic carbocycles. The molecule has 0 aliphatic heterocycles. The number of halogens is 3. The van der Waals surface area contributed by atoms with Crippen LogP contribution in [0.25, 0.3) is 0 Å². The summed E-state index contributed by atoms with van der Waals surface area (Å²) in [6.45, 7) is -0.518. The molecule has 1 aromatic rings. The van der Waals surface area contributed by atoms with Gasteiger partial charge in [-0.1, -0.05) is 0 Å². The summed E-state index contributed by atoms with van der Waals surface area (Å²) in [6, 6.07) is 2.25. The number of aliphatic carboxylic acids is 1. The first-order valence-corrected chi connectivity index (χ1v) is 6.28. The van der Waals surface area contributed by atoms with Gasteiger partial charge in [0.1, 0.15) is 0 Å². The van der Waals surface area contributed by atoms with Gasteiger partial charge in [-0.25, -0.2) is 9.78 Å². The zero-order chi connectivity index (χ0) is 17.7. The first-order valence-electron chi connectivity index (χ1n) is 6.28. The molecule has 0 saturated heterocycles. The number of nitrogens with zero attached hydrogens (tertiary/aromatic N) is 1. The molecule has 0 radical (unpaired) electrons. The largest absolute Gasteiger partial charge is 0.479 e. The molecule has 7 nitrogen and oxygen atoms in total. The van der Waals surface area contributed by atoms with Gasteiger partial charge < -0.3 is 19.9 Å². The number of nitrogens with one attached hydrogen (secondary N) is 1. The highest BCUT2D eigenvalue weighted by Gasteiger charge is 2.35. The van der Waals surface area contributed by atoms with E-state index in [1.54, 1.807) is 0 Å². The first kappa shape index (κ1) is 18.7. The topological polar surface area (TPSA) is 97.8 Å². The first-order chi connectivity index (χ1) is 10.6. The van der Waals surface area contributed by atoms with Crippen LogP contribution in [0.3, 0.4) is 0 Å². The number of rotatable bonds is 7. The second-order valence-corrected chi connectivity index (χ2v) is 4.81. The Morgan fingerprint density at radius 3 is 2.39 bits per heavy atom. The van der Waals surface area contributed by atoms with E-state index in [-0.39, 0.29) is 18.1 Å². The average molecular weight is 336 g/mol. The second-order valence-electron chi connectivity index (χ2n) is 4.81. The van der Waals surface area contributed by atoms with Crippen molar-refractivity contribution in [3.05, 3.63) is 23.9 Å². The maximum Gasteiger partial charge on any atom is 0.422 e. The number of carboxylic acid groups (broad SMARTS) is 1. The maximum absolute atomic E-state index is 12.0. The molecule has 128 valence electrons. The van der Waals surface area contributed by atoms with Crippen LogP contribution < -0.4 is 10.1 Å². The number of amides is 1. The molecule has 0 saturated carbocycles. The number of alkyl halides is 3. The predicted octanol–water partition coefficient (Wildman–Crippen LogP) is 1.24. The Morgan fingerprint density at radius 2 is 1.96 bits per heavy atom. The van der Waals surface area contributed by atoms with Crippen molar-refractivity contribution in [1.29, 1.82) is 0 Å². The smallest absolute Gasteiger partial charge is 0.422 e. The number of pyridine rings is 1. The Bertz CT molecular complexity index is 562. The van der Waals surface area contributed by atoms with Crippen LogP contribution in [-0.4, -0.2) is 54.0 Å². The minimum Gasteiger partial charge on any atom is -0.479 e. The van der Waals surface area contributed by atoms with Crippen molar-refractivity contribution in [2.45, 2.75) is 18.6 Å². The summed E-state index contributed by atoms with van der Waals surface area (Å²) in [6.07, 6.45) is -3.52. The van der Waals surface area contributed by atoms with Gasteiger partial charge in [-0.15, -0.1) is 0 Å². The van der Waals surface area contributed by atoms with Gasteiger partial charge in [-0.3, -0.25) is 4.79 Å². The minimum atomic E-state index is -4.50. The van der Waals surface area contributed by atoms with E-state index >= 15 is 0 Å². The zero-order valence-electron chi connectivity index (χ0n) is 12.3. The molecule has 0 aliphatic rings. The molecule has 0 spiro atoms. The van der Waals surface area contributed by atoms with Gasteiger partial charge in [-0.2, -0.15) is 13.2 Å². The van der Waals surface area contributed by atoms with E-state index in [9.17, 15) is 22.8 Å². The molecule has 1 aromatic heterocycles. The van der Waals surface area contributed by atoms with Crippen molar-refractivity contribution in [3.63, 3.8) is 0 Å². The molecule has 1 rings (SSSR count). The predicted molar refractivity (Wildman–Crippen MR) is 71.2 cm³/mol. The summed E-state index contributed by atoms with van der Waals surface area (Å²) in [4.78, 5) is 26.7. The molecular weight excluding hydrogens is 321 g/mol. The van der Waals surface area contributed by atoms with Crippen LogP contribution in [0.15, 0.2) is 18.3 Å². The van der Waals surface area contributed by atoms with Crippen molar-refractivity contribution in [3.8, 4) is 5.88 Å². The van der Waals surface area contributed by atoms with Crippen LogP contribution in [0.4, 0.5) is 13.2 Å². The third kappa shape index (κ3) is 5.74. The number of carbonyl (C=O) groups excluding carboxylic acids is 1. The summed E-state index contributed by atoms with van der Waals surface area (Å²) in [7, 11) is 1.28. The fourth-order valence-corrected chi connectivity index (χ4v) is 1.52. The number of carbonyl (C=O) groups is 2.